The molecule has 1 saturated carbocycles. The highest BCUT2D eigenvalue weighted by molar-refractivity contribution is 7.89. The largest absolute Gasteiger partial charge is 0.477 e. The van der Waals surface area contributed by atoms with Crippen molar-refractivity contribution in [2.45, 2.75) is 50.0 Å². The monoisotopic (exact) mass is 616 g/mol. The van der Waals surface area contributed by atoms with E-state index in [1.54, 1.807) is 35.5 Å². The van der Waals surface area contributed by atoms with Crippen molar-refractivity contribution in [2.75, 3.05) is 18.0 Å². The first-order valence-electron chi connectivity index (χ1n) is 14.3. The van der Waals surface area contributed by atoms with Crippen LogP contribution in [0, 0.1) is 5.41 Å². The van der Waals surface area contributed by atoms with Gasteiger partial charge in [-0.15, -0.1) is 11.3 Å². The van der Waals surface area contributed by atoms with Gasteiger partial charge < -0.3 is 10.0 Å². The van der Waals surface area contributed by atoms with E-state index in [1.807, 2.05) is 36.4 Å². The molecule has 1 aliphatic carbocycles. The van der Waals surface area contributed by atoms with Crippen molar-refractivity contribution >= 4 is 38.9 Å². The van der Waals surface area contributed by atoms with Gasteiger partial charge in [-0.25, -0.2) is 13.2 Å². The van der Waals surface area contributed by atoms with Crippen molar-refractivity contribution in [3.05, 3.63) is 84.1 Å². The lowest BCUT2D eigenvalue weighted by molar-refractivity contribution is -0.122. The Labute approximate surface area is 254 Å². The summed E-state index contributed by atoms with van der Waals surface area (Å²) in [6.07, 6.45) is 9.26. The first-order chi connectivity index (χ1) is 20.7. The quantitative estimate of drug-likeness (QED) is 0.273. The van der Waals surface area contributed by atoms with Crippen LogP contribution >= 0.6 is 11.3 Å². The molecule has 4 aromatic rings. The summed E-state index contributed by atoms with van der Waals surface area (Å²) in [4.78, 5) is 37.4. The summed E-state index contributed by atoms with van der Waals surface area (Å²) in [6, 6.07) is 17.5. The molecule has 1 unspecified atom stereocenters. The number of hydrogen-bond donors (Lipinski definition) is 1. The van der Waals surface area contributed by atoms with E-state index in [2.05, 4.69) is 16.9 Å². The number of piperazine rings is 1. The third-order valence-electron chi connectivity index (χ3n) is 8.62. The van der Waals surface area contributed by atoms with Gasteiger partial charge >= 0.3 is 5.97 Å². The number of rotatable bonds is 7. The maximum atomic E-state index is 14.0. The van der Waals surface area contributed by atoms with Crippen LogP contribution in [-0.4, -0.2) is 58.8 Å². The fourth-order valence-corrected chi connectivity index (χ4v) is 8.61. The summed E-state index contributed by atoms with van der Waals surface area (Å²) < 4.78 is 29.1. The Morgan fingerprint density at radius 2 is 1.74 bits per heavy atom. The van der Waals surface area contributed by atoms with Gasteiger partial charge in [0.1, 0.15) is 9.77 Å². The van der Waals surface area contributed by atoms with Gasteiger partial charge in [0.05, 0.1) is 24.0 Å². The molecule has 0 spiro atoms. The van der Waals surface area contributed by atoms with Crippen molar-refractivity contribution in [2.24, 2.45) is 5.41 Å². The number of aromatic carboxylic acids is 1. The van der Waals surface area contributed by atoms with Crippen LogP contribution in [0.3, 0.4) is 0 Å². The number of anilines is 1. The summed E-state index contributed by atoms with van der Waals surface area (Å²) in [5.74, 6) is -1.55. The van der Waals surface area contributed by atoms with Crippen LogP contribution in [0.2, 0.25) is 0 Å². The summed E-state index contributed by atoms with van der Waals surface area (Å²) in [5.41, 5.74) is 2.15. The normalized spacial score (nSPS) is 19.3. The molecule has 3 aromatic heterocycles. The van der Waals surface area contributed by atoms with E-state index >= 15 is 0 Å². The summed E-state index contributed by atoms with van der Waals surface area (Å²) in [5, 5.41) is 10.2. The zero-order valence-electron chi connectivity index (χ0n) is 23.7. The molecule has 2 aliphatic rings. The van der Waals surface area contributed by atoms with Crippen molar-refractivity contribution < 1.29 is 23.1 Å². The number of benzene rings is 1. The standard InChI is InChI=1S/C32H32N4O5S2/c1-32(14-6-3-7-15-32)28-20-35(43(40,41)24-12-13-25(34-19-24)23-11-8-16-33-18-23)21-29(37)36(28)26-17-27(42-30(26)31(38)39)22-9-4-2-5-10-22/h2,4-5,8-13,16-19,28H,3,6-7,14-15,20-21H2,1H3,(H,38,39). The van der Waals surface area contributed by atoms with Gasteiger partial charge in [0.15, 0.2) is 0 Å². The molecule has 4 heterocycles. The van der Waals surface area contributed by atoms with Crippen molar-refractivity contribution in [1.29, 1.82) is 0 Å². The number of hydrogen-bond acceptors (Lipinski definition) is 7. The van der Waals surface area contributed by atoms with Gasteiger partial charge in [0, 0.05) is 35.6 Å². The van der Waals surface area contributed by atoms with Gasteiger partial charge in [-0.05, 0) is 54.2 Å². The Balaban J connectivity index is 1.38. The minimum absolute atomic E-state index is 0.00191. The molecule has 11 heteroatoms. The van der Waals surface area contributed by atoms with Gasteiger partial charge in [0.2, 0.25) is 15.9 Å². The Hall–Kier alpha value is -3.93. The highest BCUT2D eigenvalue weighted by Gasteiger charge is 2.49. The number of thiophene rings is 1. The molecule has 9 nitrogen and oxygen atoms in total. The number of sulfonamides is 1. The molecule has 1 N–H and O–H groups in total. The van der Waals surface area contributed by atoms with Crippen molar-refractivity contribution in [3.63, 3.8) is 0 Å². The van der Waals surface area contributed by atoms with Crippen molar-refractivity contribution in [1.82, 2.24) is 14.3 Å². The highest BCUT2D eigenvalue weighted by Crippen LogP contribution is 2.47. The lowest BCUT2D eigenvalue weighted by atomic mass is 9.69. The van der Waals surface area contributed by atoms with Crippen LogP contribution in [0.15, 0.2) is 84.1 Å². The molecule has 1 aliphatic heterocycles. The minimum Gasteiger partial charge on any atom is -0.477 e. The average Bonchev–Trinajstić information content (AvgIpc) is 3.47. The number of amides is 1. The summed E-state index contributed by atoms with van der Waals surface area (Å²) >= 11 is 1.13. The second-order valence-electron chi connectivity index (χ2n) is 11.4. The molecule has 222 valence electrons. The molecular formula is C32H32N4O5S2. The second kappa shape index (κ2) is 11.6. The predicted molar refractivity (Wildman–Crippen MR) is 165 cm³/mol. The Bertz CT molecular complexity index is 1740. The zero-order chi connectivity index (χ0) is 30.2. The molecule has 1 amide bonds. The predicted octanol–water partition coefficient (Wildman–Crippen LogP) is 5.95. The van der Waals surface area contributed by atoms with E-state index in [0.717, 1.165) is 59.4 Å². The molecule has 43 heavy (non-hydrogen) atoms. The molecule has 6 rings (SSSR count). The third kappa shape index (κ3) is 5.60. The van der Waals surface area contributed by atoms with Gasteiger partial charge in [0.25, 0.3) is 0 Å². The number of aromatic nitrogens is 2. The molecule has 0 radical (unpaired) electrons. The highest BCUT2D eigenvalue weighted by atomic mass is 32.2. The smallest absolute Gasteiger partial charge is 0.348 e. The lowest BCUT2D eigenvalue weighted by Gasteiger charge is -2.50. The van der Waals surface area contributed by atoms with E-state index < -0.39 is 39.9 Å². The SMILES string of the molecule is CC1(C2CN(S(=O)(=O)c3ccc(-c4cccnc4)nc3)CC(=O)N2c2cc(-c3ccccc3)sc2C(=O)O)CCCCC1. The first kappa shape index (κ1) is 29.2. The van der Waals surface area contributed by atoms with Gasteiger partial charge in [-0.3, -0.25) is 14.8 Å². The van der Waals surface area contributed by atoms with E-state index in [0.29, 0.717) is 11.4 Å². The second-order valence-corrected chi connectivity index (χ2v) is 14.4. The molecule has 1 atom stereocenters. The van der Waals surface area contributed by atoms with E-state index in [-0.39, 0.29) is 16.3 Å². The molecule has 1 saturated heterocycles. The first-order valence-corrected chi connectivity index (χ1v) is 16.5. The Morgan fingerprint density at radius 3 is 2.40 bits per heavy atom. The summed E-state index contributed by atoms with van der Waals surface area (Å²) in [6.45, 7) is 1.77. The van der Waals surface area contributed by atoms with E-state index in [1.165, 1.54) is 16.6 Å². The topological polar surface area (TPSA) is 121 Å². The Morgan fingerprint density at radius 1 is 1.00 bits per heavy atom. The molecule has 0 bridgehead atoms. The van der Waals surface area contributed by atoms with E-state index in [9.17, 15) is 23.1 Å². The minimum atomic E-state index is -4.07. The maximum absolute atomic E-state index is 14.0. The Kier molecular flexibility index (Phi) is 7.89. The molecular weight excluding hydrogens is 585 g/mol. The van der Waals surface area contributed by atoms with Crippen LogP contribution in [-0.2, 0) is 14.8 Å². The number of pyridine rings is 2. The third-order valence-corrected chi connectivity index (χ3v) is 11.6. The zero-order valence-corrected chi connectivity index (χ0v) is 25.4. The van der Waals surface area contributed by atoms with Crippen LogP contribution in [0.1, 0.15) is 48.7 Å². The van der Waals surface area contributed by atoms with Crippen LogP contribution < -0.4 is 4.90 Å². The van der Waals surface area contributed by atoms with E-state index in [4.69, 9.17) is 0 Å². The maximum Gasteiger partial charge on any atom is 0.348 e. The van der Waals surface area contributed by atoms with Crippen LogP contribution in [0.25, 0.3) is 21.7 Å². The van der Waals surface area contributed by atoms with Gasteiger partial charge in [-0.2, -0.15) is 4.31 Å². The van der Waals surface area contributed by atoms with Crippen LogP contribution in [0.5, 0.6) is 0 Å². The molecule has 1 aromatic carbocycles. The van der Waals surface area contributed by atoms with Crippen molar-refractivity contribution in [3.8, 4) is 21.7 Å². The lowest BCUT2D eigenvalue weighted by Crippen LogP contribution is -2.63. The number of carboxylic acids is 1. The fourth-order valence-electron chi connectivity index (χ4n) is 6.28. The van der Waals surface area contributed by atoms with Crippen LogP contribution in [0.4, 0.5) is 5.69 Å². The number of carbonyl (C=O) groups excluding carboxylic acids is 1. The number of carboxylic acid groups (broad SMARTS) is 1. The van der Waals surface area contributed by atoms with Gasteiger partial charge in [-0.1, -0.05) is 56.5 Å². The number of nitrogens with zero attached hydrogens (tertiary/aromatic N) is 4. The fraction of sp³-hybridized carbons (Fsp3) is 0.312. The average molecular weight is 617 g/mol. The number of carbonyl (C=O) groups is 2. The summed E-state index contributed by atoms with van der Waals surface area (Å²) in [7, 11) is -4.07. The molecule has 2 fully saturated rings.